The van der Waals surface area contributed by atoms with E-state index in [-0.39, 0.29) is 23.3 Å². The summed E-state index contributed by atoms with van der Waals surface area (Å²) in [5.74, 6) is 0.468. The van der Waals surface area contributed by atoms with Crippen LogP contribution in [0, 0.1) is 18.3 Å². The van der Waals surface area contributed by atoms with Gasteiger partial charge in [0.2, 0.25) is 0 Å². The normalized spacial score (nSPS) is 19.0. The third-order valence-corrected chi connectivity index (χ3v) is 4.80. The van der Waals surface area contributed by atoms with E-state index in [4.69, 9.17) is 15.2 Å². The first-order valence-corrected chi connectivity index (χ1v) is 8.56. The molecule has 1 atom stereocenters. The van der Waals surface area contributed by atoms with E-state index >= 15 is 0 Å². The largest absolute Gasteiger partial charge is 0.467 e. The Bertz CT molecular complexity index is 856. The van der Waals surface area contributed by atoms with Gasteiger partial charge in [-0.05, 0) is 39.2 Å². The Labute approximate surface area is 153 Å². The van der Waals surface area contributed by atoms with Crippen LogP contribution < -0.4 is 10.5 Å². The van der Waals surface area contributed by atoms with Gasteiger partial charge in [-0.1, -0.05) is 0 Å². The van der Waals surface area contributed by atoms with Gasteiger partial charge in [0.25, 0.3) is 0 Å². The number of nitrogens with two attached hydrogens (primary N) is 1. The van der Waals surface area contributed by atoms with E-state index in [9.17, 15) is 5.26 Å². The van der Waals surface area contributed by atoms with Crippen molar-refractivity contribution in [3.05, 3.63) is 29.2 Å². The molecule has 0 aliphatic carbocycles. The zero-order valence-electron chi connectivity index (χ0n) is 15.5. The molecule has 26 heavy (non-hydrogen) atoms. The van der Waals surface area contributed by atoms with Crippen LogP contribution in [0.15, 0.2) is 12.4 Å². The van der Waals surface area contributed by atoms with Gasteiger partial charge in [-0.3, -0.25) is 0 Å². The number of rotatable bonds is 3. The second-order valence-electron chi connectivity index (χ2n) is 7.13. The highest BCUT2D eigenvalue weighted by molar-refractivity contribution is 5.78. The van der Waals surface area contributed by atoms with E-state index in [1.165, 1.54) is 7.11 Å². The molecule has 3 rings (SSSR count). The smallest absolute Gasteiger partial charge is 0.316 e. The summed E-state index contributed by atoms with van der Waals surface area (Å²) in [7, 11) is 1.51. The molecule has 3 heterocycles. The average molecular weight is 353 g/mol. The van der Waals surface area contributed by atoms with Crippen molar-refractivity contribution in [1.29, 1.82) is 5.26 Å². The van der Waals surface area contributed by atoms with E-state index in [1.54, 1.807) is 12.4 Å². The summed E-state index contributed by atoms with van der Waals surface area (Å²) in [5.41, 5.74) is 9.61. The number of hydrogen-bond acceptors (Lipinski definition) is 7. The van der Waals surface area contributed by atoms with Gasteiger partial charge < -0.3 is 15.2 Å². The Hall–Kier alpha value is -2.72. The number of nitrogen functional groups attached to an aromatic ring is 1. The SMILES string of the molecule is COc1ncc(-c2c(C)c(C3CCOC(C)(C)C3)nc(N)c2C#N)cn1. The summed E-state index contributed by atoms with van der Waals surface area (Å²) in [6.45, 7) is 6.82. The van der Waals surface area contributed by atoms with Gasteiger partial charge in [0.15, 0.2) is 0 Å². The zero-order chi connectivity index (χ0) is 18.9. The molecular formula is C19H23N5O2. The number of methoxy groups -OCH3 is 1. The van der Waals surface area contributed by atoms with Crippen LogP contribution in [0.3, 0.4) is 0 Å². The lowest BCUT2D eigenvalue weighted by Gasteiger charge is -2.36. The summed E-state index contributed by atoms with van der Waals surface area (Å²) >= 11 is 0. The molecule has 136 valence electrons. The molecule has 0 aromatic carbocycles. The third kappa shape index (κ3) is 3.33. The zero-order valence-corrected chi connectivity index (χ0v) is 15.5. The fourth-order valence-electron chi connectivity index (χ4n) is 3.60. The van der Waals surface area contributed by atoms with Gasteiger partial charge in [0.1, 0.15) is 17.5 Å². The van der Waals surface area contributed by atoms with E-state index in [2.05, 4.69) is 34.9 Å². The van der Waals surface area contributed by atoms with E-state index in [1.807, 2.05) is 6.92 Å². The van der Waals surface area contributed by atoms with Crippen molar-refractivity contribution in [2.75, 3.05) is 19.5 Å². The fourth-order valence-corrected chi connectivity index (χ4v) is 3.60. The van der Waals surface area contributed by atoms with Gasteiger partial charge >= 0.3 is 6.01 Å². The Morgan fingerprint density at radius 2 is 2.04 bits per heavy atom. The van der Waals surface area contributed by atoms with Crippen molar-refractivity contribution in [3.63, 3.8) is 0 Å². The highest BCUT2D eigenvalue weighted by atomic mass is 16.5. The molecule has 7 nitrogen and oxygen atoms in total. The molecule has 1 aliphatic rings. The summed E-state index contributed by atoms with van der Waals surface area (Å²) in [6.07, 6.45) is 5.02. The lowest BCUT2D eigenvalue weighted by Crippen LogP contribution is -2.33. The summed E-state index contributed by atoms with van der Waals surface area (Å²) < 4.78 is 10.8. The molecule has 2 aromatic rings. The maximum Gasteiger partial charge on any atom is 0.316 e. The number of pyridine rings is 1. The van der Waals surface area contributed by atoms with Crippen LogP contribution in [0.25, 0.3) is 11.1 Å². The molecule has 0 amide bonds. The molecular weight excluding hydrogens is 330 g/mol. The number of hydrogen-bond donors (Lipinski definition) is 1. The van der Waals surface area contributed by atoms with E-state index < -0.39 is 0 Å². The maximum absolute atomic E-state index is 9.61. The maximum atomic E-state index is 9.61. The molecule has 0 bridgehead atoms. The highest BCUT2D eigenvalue weighted by Gasteiger charge is 2.32. The van der Waals surface area contributed by atoms with Crippen molar-refractivity contribution < 1.29 is 9.47 Å². The van der Waals surface area contributed by atoms with Gasteiger partial charge in [0, 0.05) is 41.7 Å². The summed E-state index contributed by atoms with van der Waals surface area (Å²) in [5, 5.41) is 9.61. The predicted octanol–water partition coefficient (Wildman–Crippen LogP) is 2.98. The van der Waals surface area contributed by atoms with Gasteiger partial charge in [-0.15, -0.1) is 0 Å². The average Bonchev–Trinajstić information content (AvgIpc) is 2.62. The Morgan fingerprint density at radius 3 is 2.62 bits per heavy atom. The number of ether oxygens (including phenoxy) is 2. The fraction of sp³-hybridized carbons (Fsp3) is 0.474. The van der Waals surface area contributed by atoms with Gasteiger partial charge in [-0.25, -0.2) is 15.0 Å². The van der Waals surface area contributed by atoms with Crippen molar-refractivity contribution >= 4 is 5.82 Å². The molecule has 2 aromatic heterocycles. The number of nitrogens with zero attached hydrogens (tertiary/aromatic N) is 4. The predicted molar refractivity (Wildman–Crippen MR) is 97.7 cm³/mol. The first-order valence-electron chi connectivity index (χ1n) is 8.56. The molecule has 7 heteroatoms. The van der Waals surface area contributed by atoms with Crippen LogP contribution in [0.1, 0.15) is 49.4 Å². The topological polar surface area (TPSA) is 107 Å². The van der Waals surface area contributed by atoms with Crippen LogP contribution in [-0.4, -0.2) is 34.3 Å². The Kier molecular flexibility index (Phi) is 4.79. The standard InChI is InChI=1S/C19H23N5O2/c1-11-15(13-9-22-18(25-4)23-10-13)14(8-20)17(21)24-16(11)12-5-6-26-19(2,3)7-12/h9-10,12H,5-7H2,1-4H3,(H2,21,24). The number of aromatic nitrogens is 3. The third-order valence-electron chi connectivity index (χ3n) is 4.80. The summed E-state index contributed by atoms with van der Waals surface area (Å²) in [6, 6.07) is 2.46. The monoisotopic (exact) mass is 353 g/mol. The Morgan fingerprint density at radius 1 is 1.35 bits per heavy atom. The molecule has 1 saturated heterocycles. The Balaban J connectivity index is 2.14. The molecule has 1 unspecified atom stereocenters. The van der Waals surface area contributed by atoms with Crippen LogP contribution in [0.4, 0.5) is 5.82 Å². The first-order chi connectivity index (χ1) is 12.4. The minimum absolute atomic E-state index is 0.205. The quantitative estimate of drug-likeness (QED) is 0.903. The van der Waals surface area contributed by atoms with Crippen molar-refractivity contribution in [2.24, 2.45) is 0 Å². The lowest BCUT2D eigenvalue weighted by molar-refractivity contribution is -0.0598. The second kappa shape index (κ2) is 6.89. The van der Waals surface area contributed by atoms with Gasteiger partial charge in [-0.2, -0.15) is 5.26 Å². The molecule has 1 aliphatic heterocycles. The van der Waals surface area contributed by atoms with Crippen LogP contribution in [0.5, 0.6) is 6.01 Å². The second-order valence-corrected chi connectivity index (χ2v) is 7.13. The molecule has 0 radical (unpaired) electrons. The lowest BCUT2D eigenvalue weighted by atomic mass is 9.82. The van der Waals surface area contributed by atoms with E-state index in [0.717, 1.165) is 35.2 Å². The van der Waals surface area contributed by atoms with Gasteiger partial charge in [0.05, 0.1) is 12.7 Å². The van der Waals surface area contributed by atoms with Crippen LogP contribution in [-0.2, 0) is 4.74 Å². The van der Waals surface area contributed by atoms with Crippen LogP contribution in [0.2, 0.25) is 0 Å². The van der Waals surface area contributed by atoms with Crippen LogP contribution >= 0.6 is 0 Å². The minimum Gasteiger partial charge on any atom is -0.467 e. The molecule has 0 spiro atoms. The molecule has 1 fully saturated rings. The van der Waals surface area contributed by atoms with Crippen molar-refractivity contribution in [1.82, 2.24) is 15.0 Å². The first kappa shape index (κ1) is 18.1. The number of anilines is 1. The molecule has 0 saturated carbocycles. The minimum atomic E-state index is -0.205. The molecule has 2 N–H and O–H groups in total. The highest BCUT2D eigenvalue weighted by Crippen LogP contribution is 2.40. The summed E-state index contributed by atoms with van der Waals surface area (Å²) in [4.78, 5) is 12.9. The van der Waals surface area contributed by atoms with Crippen molar-refractivity contribution in [3.8, 4) is 23.2 Å². The van der Waals surface area contributed by atoms with Crippen molar-refractivity contribution in [2.45, 2.75) is 45.1 Å². The number of nitriles is 1. The van der Waals surface area contributed by atoms with E-state index in [0.29, 0.717) is 12.2 Å².